The van der Waals surface area contributed by atoms with Crippen molar-refractivity contribution in [3.63, 3.8) is 0 Å². The number of ether oxygens (including phenoxy) is 2. The summed E-state index contributed by atoms with van der Waals surface area (Å²) in [7, 11) is 2.93. The van der Waals surface area contributed by atoms with Crippen LogP contribution in [0.25, 0.3) is 22.4 Å². The molecule has 4 aromatic carbocycles. The number of aliphatic imine (C=N–C) groups is 1. The molecule has 288 valence electrons. The molecule has 0 spiro atoms. The number of aliphatic hydroxyl groups excluding tert-OH is 1. The number of carbonyl (C=O) groups excluding carboxylic acids is 1. The van der Waals surface area contributed by atoms with Gasteiger partial charge in [0.15, 0.2) is 0 Å². The van der Waals surface area contributed by atoms with Gasteiger partial charge in [0.1, 0.15) is 17.3 Å². The molecular weight excluding hydrogens is 760 g/mol. The van der Waals surface area contributed by atoms with E-state index in [4.69, 9.17) is 52.4 Å². The second kappa shape index (κ2) is 17.3. The number of carboxylic acids is 1. The Labute approximate surface area is 321 Å². The van der Waals surface area contributed by atoms with Crippen LogP contribution in [-0.2, 0) is 11.3 Å². The normalized spacial score (nSPS) is 12.2. The molecular formula is C39H31ClF4N6O6. The van der Waals surface area contributed by atoms with Crippen molar-refractivity contribution in [2.24, 2.45) is 16.5 Å². The number of aromatic nitrogens is 2. The number of primary amides is 1. The third-order valence-corrected chi connectivity index (χ3v) is 8.32. The quantitative estimate of drug-likeness (QED) is 0.0903. The highest BCUT2D eigenvalue weighted by Gasteiger charge is 2.38. The molecule has 1 amide bonds. The van der Waals surface area contributed by atoms with Gasteiger partial charge in [-0.2, -0.15) is 13.2 Å². The van der Waals surface area contributed by atoms with Gasteiger partial charge >= 0.3 is 12.1 Å². The molecule has 17 heteroatoms. The number of anilines is 2. The smallest absolute Gasteiger partial charge is 0.490 e. The second-order valence-corrected chi connectivity index (χ2v) is 12.2. The number of hydrogen-bond acceptors (Lipinski definition) is 10. The number of halogens is 5. The molecule has 0 saturated carbocycles. The molecule has 7 N–H and O–H groups in total. The minimum absolute atomic E-state index is 0.166. The number of nitrogens with zero attached hydrogens (tertiary/aromatic N) is 3. The van der Waals surface area contributed by atoms with Gasteiger partial charge in [-0.25, -0.2) is 19.2 Å². The van der Waals surface area contributed by atoms with Crippen molar-refractivity contribution >= 4 is 40.8 Å². The lowest BCUT2D eigenvalue weighted by atomic mass is 9.94. The lowest BCUT2D eigenvalue weighted by Gasteiger charge is -2.18. The average Bonchev–Trinajstić information content (AvgIpc) is 3.32. The van der Waals surface area contributed by atoms with E-state index in [-0.39, 0.29) is 36.0 Å². The Balaban J connectivity index is 0.000000784. The molecule has 0 saturated heterocycles. The van der Waals surface area contributed by atoms with Crippen molar-refractivity contribution in [2.75, 3.05) is 26.1 Å². The summed E-state index contributed by atoms with van der Waals surface area (Å²) < 4.78 is 58.3. The number of aliphatic carboxylic acids is 1. The summed E-state index contributed by atoms with van der Waals surface area (Å²) in [6.07, 6.45) is -3.42. The number of carbonyl (C=O) groups is 2. The van der Waals surface area contributed by atoms with Gasteiger partial charge < -0.3 is 36.5 Å². The van der Waals surface area contributed by atoms with Crippen LogP contribution in [0.15, 0.2) is 84.0 Å². The number of hydrogen-bond donors (Lipinski definition) is 5. The van der Waals surface area contributed by atoms with Gasteiger partial charge in [-0.05, 0) is 54.1 Å². The third-order valence-electron chi connectivity index (χ3n) is 8.08. The van der Waals surface area contributed by atoms with Crippen LogP contribution in [0.4, 0.5) is 29.2 Å². The summed E-state index contributed by atoms with van der Waals surface area (Å²) in [4.78, 5) is 35.5. The molecule has 0 aliphatic carbocycles. The molecule has 1 aliphatic heterocycles. The minimum atomic E-state index is -5.08. The van der Waals surface area contributed by atoms with Gasteiger partial charge in [0, 0.05) is 39.0 Å². The Hall–Kier alpha value is -6.54. The number of nitrogens with one attached hydrogen (secondary N) is 1. The Morgan fingerprint density at radius 3 is 2.36 bits per heavy atom. The molecule has 6 rings (SSSR count). The SMILES string of the molecule is COc1cccc(F)c1C1=NCc2cnc(Nc3ccc(C(N)=O)c(OC)c3-c3ccc(C#CC(N)CO)cc3)nc2-c2ccc(Cl)cc21.O=C(O)C(F)(F)F. The van der Waals surface area contributed by atoms with Crippen molar-refractivity contribution in [1.82, 2.24) is 9.97 Å². The number of rotatable bonds is 8. The highest BCUT2D eigenvalue weighted by Crippen LogP contribution is 2.41. The molecule has 56 heavy (non-hydrogen) atoms. The van der Waals surface area contributed by atoms with Gasteiger partial charge in [0.05, 0.1) is 61.6 Å². The van der Waals surface area contributed by atoms with Crippen LogP contribution in [0.3, 0.4) is 0 Å². The maximum absolute atomic E-state index is 15.3. The molecule has 0 fully saturated rings. The minimum Gasteiger partial charge on any atom is -0.496 e. The fourth-order valence-electron chi connectivity index (χ4n) is 5.54. The van der Waals surface area contributed by atoms with Crippen LogP contribution in [0.1, 0.15) is 32.6 Å². The van der Waals surface area contributed by atoms with Crippen molar-refractivity contribution in [3.05, 3.63) is 118 Å². The predicted octanol–water partition coefficient (Wildman–Crippen LogP) is 6.12. The van der Waals surface area contributed by atoms with Gasteiger partial charge in [-0.3, -0.25) is 9.79 Å². The number of benzene rings is 4. The van der Waals surface area contributed by atoms with Crippen LogP contribution in [-0.4, -0.2) is 70.8 Å². The Morgan fingerprint density at radius 2 is 1.73 bits per heavy atom. The average molecular weight is 791 g/mol. The summed E-state index contributed by atoms with van der Waals surface area (Å²) >= 11 is 6.46. The number of aliphatic hydroxyl groups is 1. The highest BCUT2D eigenvalue weighted by molar-refractivity contribution is 6.31. The lowest BCUT2D eigenvalue weighted by molar-refractivity contribution is -0.192. The summed E-state index contributed by atoms with van der Waals surface area (Å²) in [5.74, 6) is 2.63. The molecule has 1 aliphatic rings. The summed E-state index contributed by atoms with van der Waals surface area (Å²) in [6, 6.07) is 19.7. The number of amides is 1. The van der Waals surface area contributed by atoms with Gasteiger partial charge in [0.25, 0.3) is 5.91 Å². The zero-order valence-corrected chi connectivity index (χ0v) is 30.2. The highest BCUT2D eigenvalue weighted by atomic mass is 35.5. The van der Waals surface area contributed by atoms with Crippen molar-refractivity contribution < 1.29 is 46.8 Å². The number of methoxy groups -OCH3 is 2. The molecule has 0 radical (unpaired) electrons. The van der Waals surface area contributed by atoms with Crippen LogP contribution >= 0.6 is 11.6 Å². The Kier molecular flexibility index (Phi) is 12.5. The van der Waals surface area contributed by atoms with E-state index in [1.807, 2.05) is 18.2 Å². The zero-order valence-electron chi connectivity index (χ0n) is 29.4. The molecule has 0 bridgehead atoms. The molecule has 1 unspecified atom stereocenters. The maximum Gasteiger partial charge on any atom is 0.490 e. The van der Waals surface area contributed by atoms with E-state index in [0.29, 0.717) is 61.2 Å². The van der Waals surface area contributed by atoms with E-state index < -0.39 is 29.9 Å². The first-order valence-electron chi connectivity index (χ1n) is 16.3. The van der Waals surface area contributed by atoms with E-state index in [9.17, 15) is 23.1 Å². The number of alkyl halides is 3. The first-order chi connectivity index (χ1) is 26.7. The lowest BCUT2D eigenvalue weighted by Crippen LogP contribution is -2.21. The van der Waals surface area contributed by atoms with Crippen molar-refractivity contribution in [3.8, 4) is 45.7 Å². The first kappa shape index (κ1) is 40.6. The maximum atomic E-state index is 15.3. The van der Waals surface area contributed by atoms with E-state index in [1.54, 1.807) is 54.7 Å². The number of carboxylic acid groups (broad SMARTS) is 1. The Morgan fingerprint density at radius 1 is 1.02 bits per heavy atom. The monoisotopic (exact) mass is 790 g/mol. The standard InChI is InChI=1S/C37H30ClFN6O4.C2HF3O2/c1-48-30-5-3-4-28(39)32(30)34-27-16-23(38)11-13-25(27)33-22(17-42-34)18-43-37(45-33)44-29-15-14-26(36(41)47)35(49-2)31(29)21-9-6-20(7-10-21)8-12-24(40)19-46;3-2(4,5)1(6)7/h3-7,9-11,13-16,18,24,46H,17,19,40H2,1-2H3,(H2,41,47)(H,43,44,45);(H,6,7). The van der Waals surface area contributed by atoms with Crippen LogP contribution in [0, 0.1) is 17.7 Å². The van der Waals surface area contributed by atoms with Crippen LogP contribution in [0.5, 0.6) is 11.5 Å². The Bertz CT molecular complexity index is 2400. The molecule has 1 aromatic heterocycles. The van der Waals surface area contributed by atoms with Crippen molar-refractivity contribution in [1.29, 1.82) is 0 Å². The molecule has 2 heterocycles. The summed E-state index contributed by atoms with van der Waals surface area (Å²) in [5.41, 5.74) is 17.2. The predicted molar refractivity (Wildman–Crippen MR) is 201 cm³/mol. The number of fused-ring (bicyclic) bond motifs is 3. The van der Waals surface area contributed by atoms with Gasteiger partial charge in [-0.1, -0.05) is 47.7 Å². The number of nitrogens with two attached hydrogens (primary N) is 2. The zero-order chi connectivity index (χ0) is 40.7. The van der Waals surface area contributed by atoms with E-state index in [2.05, 4.69) is 22.1 Å². The largest absolute Gasteiger partial charge is 0.496 e. The molecule has 1 atom stereocenters. The second-order valence-electron chi connectivity index (χ2n) is 11.7. The fraction of sp³-hybridized carbons (Fsp3) is 0.154. The van der Waals surface area contributed by atoms with Crippen LogP contribution < -0.4 is 26.3 Å². The third kappa shape index (κ3) is 9.04. The van der Waals surface area contributed by atoms with E-state index in [0.717, 1.165) is 0 Å². The summed E-state index contributed by atoms with van der Waals surface area (Å²) in [6.45, 7) is -0.0879. The first-order valence-corrected chi connectivity index (χ1v) is 16.6. The van der Waals surface area contributed by atoms with E-state index >= 15 is 4.39 Å². The molecule has 12 nitrogen and oxygen atoms in total. The van der Waals surface area contributed by atoms with Gasteiger partial charge in [0.2, 0.25) is 5.95 Å². The van der Waals surface area contributed by atoms with E-state index in [1.165, 1.54) is 20.3 Å². The van der Waals surface area contributed by atoms with Crippen LogP contribution in [0.2, 0.25) is 5.02 Å². The van der Waals surface area contributed by atoms with Crippen molar-refractivity contribution in [2.45, 2.75) is 18.8 Å². The fourth-order valence-corrected chi connectivity index (χ4v) is 5.72. The topological polar surface area (TPSA) is 195 Å². The van der Waals surface area contributed by atoms with Gasteiger partial charge in [-0.15, -0.1) is 0 Å². The molecule has 5 aromatic rings. The summed E-state index contributed by atoms with van der Waals surface area (Å²) in [5, 5.41) is 20.0.